The number of rotatable bonds is 6. The van der Waals surface area contributed by atoms with Crippen LogP contribution in [0.15, 0.2) is 47.0 Å². The van der Waals surface area contributed by atoms with Crippen LogP contribution in [0.2, 0.25) is 0 Å². The molecule has 2 aromatic heterocycles. The lowest BCUT2D eigenvalue weighted by Crippen LogP contribution is -2.12. The lowest BCUT2D eigenvalue weighted by Gasteiger charge is -2.04. The van der Waals surface area contributed by atoms with Crippen LogP contribution in [0.5, 0.6) is 5.88 Å². The van der Waals surface area contributed by atoms with Gasteiger partial charge in [-0.25, -0.2) is 4.98 Å². The van der Waals surface area contributed by atoms with Crippen molar-refractivity contribution >= 4 is 11.6 Å². The van der Waals surface area contributed by atoms with Crippen molar-refractivity contribution in [3.05, 3.63) is 54.0 Å². The fourth-order valence-electron chi connectivity index (χ4n) is 2.19. The average molecular weight is 338 g/mol. The van der Waals surface area contributed by atoms with Crippen molar-refractivity contribution in [1.82, 2.24) is 15.2 Å². The zero-order valence-electron chi connectivity index (χ0n) is 14.0. The molecule has 0 aliphatic rings. The van der Waals surface area contributed by atoms with Crippen molar-refractivity contribution in [3.63, 3.8) is 0 Å². The summed E-state index contributed by atoms with van der Waals surface area (Å²) >= 11 is 0. The van der Waals surface area contributed by atoms with E-state index >= 15 is 0 Å². The highest BCUT2D eigenvalue weighted by molar-refractivity contribution is 5.90. The first-order valence-electron chi connectivity index (χ1n) is 7.83. The van der Waals surface area contributed by atoms with Crippen molar-refractivity contribution < 1.29 is 13.9 Å². The molecule has 0 saturated carbocycles. The first-order chi connectivity index (χ1) is 12.1. The Morgan fingerprint density at radius 2 is 1.96 bits per heavy atom. The molecule has 2 heterocycles. The maximum Gasteiger partial charge on any atom is 0.247 e. The van der Waals surface area contributed by atoms with Crippen molar-refractivity contribution in [3.8, 4) is 17.3 Å². The third-order valence-corrected chi connectivity index (χ3v) is 3.56. The van der Waals surface area contributed by atoms with Crippen LogP contribution in [-0.2, 0) is 11.2 Å². The van der Waals surface area contributed by atoms with Gasteiger partial charge in [-0.1, -0.05) is 17.7 Å². The molecule has 0 bridgehead atoms. The molecule has 128 valence electrons. The van der Waals surface area contributed by atoms with Gasteiger partial charge in [-0.3, -0.25) is 4.79 Å². The third kappa shape index (κ3) is 4.41. The highest BCUT2D eigenvalue weighted by Gasteiger charge is 2.11. The largest absolute Gasteiger partial charge is 0.481 e. The van der Waals surface area contributed by atoms with Gasteiger partial charge >= 0.3 is 0 Å². The fourth-order valence-corrected chi connectivity index (χ4v) is 2.19. The number of nitrogens with zero attached hydrogens (tertiary/aromatic N) is 3. The maximum absolute atomic E-state index is 12.0. The van der Waals surface area contributed by atoms with Gasteiger partial charge in [0.15, 0.2) is 0 Å². The summed E-state index contributed by atoms with van der Waals surface area (Å²) in [6.45, 7) is 2.01. The molecule has 0 saturated heterocycles. The van der Waals surface area contributed by atoms with E-state index in [1.807, 2.05) is 31.2 Å². The number of anilines is 1. The first kappa shape index (κ1) is 16.6. The summed E-state index contributed by atoms with van der Waals surface area (Å²) in [4.78, 5) is 16.0. The number of hydrogen-bond acceptors (Lipinski definition) is 6. The van der Waals surface area contributed by atoms with Crippen LogP contribution < -0.4 is 10.1 Å². The number of methoxy groups -OCH3 is 1. The van der Waals surface area contributed by atoms with E-state index in [1.165, 1.54) is 7.11 Å². The first-order valence-corrected chi connectivity index (χ1v) is 7.83. The van der Waals surface area contributed by atoms with Crippen LogP contribution in [0, 0.1) is 6.92 Å². The Kier molecular flexibility index (Phi) is 5.03. The van der Waals surface area contributed by atoms with E-state index in [-0.39, 0.29) is 12.3 Å². The third-order valence-electron chi connectivity index (χ3n) is 3.56. The Bertz CT molecular complexity index is 842. The van der Waals surface area contributed by atoms with E-state index in [4.69, 9.17) is 9.15 Å². The molecule has 0 aliphatic carbocycles. The monoisotopic (exact) mass is 338 g/mol. The number of aromatic nitrogens is 3. The van der Waals surface area contributed by atoms with Gasteiger partial charge < -0.3 is 14.5 Å². The van der Waals surface area contributed by atoms with Gasteiger partial charge in [-0.05, 0) is 25.1 Å². The zero-order chi connectivity index (χ0) is 17.6. The summed E-state index contributed by atoms with van der Waals surface area (Å²) in [7, 11) is 1.54. The molecular weight excluding hydrogens is 320 g/mol. The molecule has 0 unspecified atom stereocenters. The second-order valence-electron chi connectivity index (χ2n) is 5.50. The number of amides is 1. The van der Waals surface area contributed by atoms with Gasteiger partial charge in [0.2, 0.25) is 23.6 Å². The molecule has 0 spiro atoms. The van der Waals surface area contributed by atoms with Crippen molar-refractivity contribution in [2.45, 2.75) is 19.8 Å². The quantitative estimate of drug-likeness (QED) is 0.743. The molecular formula is C18H18N4O3. The van der Waals surface area contributed by atoms with Crippen LogP contribution in [-0.4, -0.2) is 28.2 Å². The second kappa shape index (κ2) is 7.57. The Labute approximate surface area is 145 Å². The van der Waals surface area contributed by atoms with Crippen molar-refractivity contribution in [2.24, 2.45) is 0 Å². The van der Waals surface area contributed by atoms with Gasteiger partial charge in [0.05, 0.1) is 19.0 Å². The number of nitrogens with one attached hydrogen (secondary N) is 1. The van der Waals surface area contributed by atoms with Crippen LogP contribution in [0.4, 0.5) is 5.69 Å². The number of carbonyl (C=O) groups excluding carboxylic acids is 1. The molecule has 3 aromatic rings. The minimum atomic E-state index is -0.151. The Balaban J connectivity index is 1.54. The number of ether oxygens (including phenoxy) is 1. The van der Waals surface area contributed by atoms with Crippen molar-refractivity contribution in [1.29, 1.82) is 0 Å². The van der Waals surface area contributed by atoms with E-state index in [0.29, 0.717) is 29.8 Å². The predicted octanol–water partition coefficient (Wildman–Crippen LogP) is 3.02. The second-order valence-corrected chi connectivity index (χ2v) is 5.50. The molecule has 7 heteroatoms. The molecule has 7 nitrogen and oxygen atoms in total. The fraction of sp³-hybridized carbons (Fsp3) is 0.222. The summed E-state index contributed by atoms with van der Waals surface area (Å²) in [5, 5.41) is 10.8. The van der Waals surface area contributed by atoms with Crippen LogP contribution in [0.3, 0.4) is 0 Å². The molecule has 25 heavy (non-hydrogen) atoms. The van der Waals surface area contributed by atoms with Gasteiger partial charge in [-0.15, -0.1) is 10.2 Å². The number of carbonyl (C=O) groups is 1. The van der Waals surface area contributed by atoms with Gasteiger partial charge in [0.25, 0.3) is 0 Å². The van der Waals surface area contributed by atoms with E-state index in [1.54, 1.807) is 18.3 Å². The zero-order valence-corrected chi connectivity index (χ0v) is 14.0. The highest BCUT2D eigenvalue weighted by Crippen LogP contribution is 2.19. The standard InChI is InChI=1S/C18H18N4O3/c1-12-3-5-13(6-4-12)18-22-21-17(25-18)10-8-15(23)20-14-7-9-16(24-2)19-11-14/h3-7,9,11H,8,10H2,1-2H3,(H,20,23). The summed E-state index contributed by atoms with van der Waals surface area (Å²) in [5.74, 6) is 1.22. The van der Waals surface area contributed by atoms with Gasteiger partial charge in [0, 0.05) is 24.5 Å². The molecule has 0 fully saturated rings. The van der Waals surface area contributed by atoms with Crippen LogP contribution in [0.25, 0.3) is 11.5 Å². The summed E-state index contributed by atoms with van der Waals surface area (Å²) in [5.41, 5.74) is 2.63. The topological polar surface area (TPSA) is 90.1 Å². The van der Waals surface area contributed by atoms with E-state index < -0.39 is 0 Å². The molecule has 1 amide bonds. The number of hydrogen-bond donors (Lipinski definition) is 1. The Morgan fingerprint density at radius 1 is 1.16 bits per heavy atom. The van der Waals surface area contributed by atoms with Crippen LogP contribution in [0.1, 0.15) is 17.9 Å². The lowest BCUT2D eigenvalue weighted by atomic mass is 10.1. The number of aryl methyl sites for hydroxylation is 2. The van der Waals surface area contributed by atoms with E-state index in [0.717, 1.165) is 11.1 Å². The highest BCUT2D eigenvalue weighted by atomic mass is 16.5. The number of pyridine rings is 1. The Morgan fingerprint density at radius 3 is 2.64 bits per heavy atom. The molecule has 0 radical (unpaired) electrons. The Hall–Kier alpha value is -3.22. The molecule has 3 rings (SSSR count). The van der Waals surface area contributed by atoms with Crippen LogP contribution >= 0.6 is 0 Å². The predicted molar refractivity (Wildman–Crippen MR) is 92.2 cm³/mol. The van der Waals surface area contributed by atoms with E-state index in [2.05, 4.69) is 20.5 Å². The molecule has 0 atom stereocenters. The number of benzene rings is 1. The minimum Gasteiger partial charge on any atom is -0.481 e. The van der Waals surface area contributed by atoms with Crippen molar-refractivity contribution in [2.75, 3.05) is 12.4 Å². The van der Waals surface area contributed by atoms with Gasteiger partial charge in [-0.2, -0.15) is 0 Å². The average Bonchev–Trinajstić information content (AvgIpc) is 3.10. The summed E-state index contributed by atoms with van der Waals surface area (Å²) < 4.78 is 10.6. The summed E-state index contributed by atoms with van der Waals surface area (Å²) in [6.07, 6.45) is 2.15. The molecule has 0 aliphatic heterocycles. The van der Waals surface area contributed by atoms with E-state index in [9.17, 15) is 4.79 Å². The normalized spacial score (nSPS) is 10.5. The summed E-state index contributed by atoms with van der Waals surface area (Å²) in [6, 6.07) is 11.2. The molecule has 1 N–H and O–H groups in total. The SMILES string of the molecule is COc1ccc(NC(=O)CCc2nnc(-c3ccc(C)cc3)o2)cn1. The molecule has 1 aromatic carbocycles. The van der Waals surface area contributed by atoms with Gasteiger partial charge in [0.1, 0.15) is 0 Å². The maximum atomic E-state index is 12.0. The minimum absolute atomic E-state index is 0.151. The lowest BCUT2D eigenvalue weighted by molar-refractivity contribution is -0.116. The smallest absolute Gasteiger partial charge is 0.247 e.